The third-order valence-electron chi connectivity index (χ3n) is 7.62. The number of aryl methyl sites for hydroxylation is 1. The summed E-state index contributed by atoms with van der Waals surface area (Å²) in [4.78, 5) is 22.2. The summed E-state index contributed by atoms with van der Waals surface area (Å²) in [5.74, 6) is -3.22. The van der Waals surface area contributed by atoms with E-state index in [1.807, 2.05) is 0 Å². The number of alkyl halides is 3. The fourth-order valence-corrected chi connectivity index (χ4v) is 5.69. The average molecular weight is 718 g/mol. The molecule has 0 atom stereocenters. The molecule has 2 aromatic carbocycles. The molecule has 5 aromatic rings. The van der Waals surface area contributed by atoms with Crippen molar-refractivity contribution in [1.29, 1.82) is 0 Å². The number of aromatic hydroxyl groups is 2. The summed E-state index contributed by atoms with van der Waals surface area (Å²) < 4.78 is 80.8. The van der Waals surface area contributed by atoms with Crippen LogP contribution in [-0.4, -0.2) is 75.9 Å². The van der Waals surface area contributed by atoms with Gasteiger partial charge in [-0.1, -0.05) is 0 Å². The van der Waals surface area contributed by atoms with Crippen LogP contribution in [0.15, 0.2) is 54.7 Å². The van der Waals surface area contributed by atoms with E-state index in [1.54, 1.807) is 12.1 Å². The van der Waals surface area contributed by atoms with Crippen LogP contribution in [0, 0.1) is 5.82 Å². The summed E-state index contributed by atoms with van der Waals surface area (Å²) in [5, 5.41) is 41.6. The number of rotatable bonds is 12. The van der Waals surface area contributed by atoms with E-state index in [0.29, 0.717) is 36.4 Å². The fourth-order valence-electron chi connectivity index (χ4n) is 5.16. The minimum absolute atomic E-state index is 0.00893. The highest BCUT2D eigenvalue weighted by Crippen LogP contribution is 2.37. The Labute approximate surface area is 282 Å². The number of H-pyrrole nitrogens is 1. The van der Waals surface area contributed by atoms with Gasteiger partial charge >= 0.3 is 6.18 Å². The number of hydrogen-bond acceptors (Lipinski definition) is 10. The first-order chi connectivity index (χ1) is 23.5. The highest BCUT2D eigenvalue weighted by atomic mass is 32.2. The van der Waals surface area contributed by atoms with Crippen molar-refractivity contribution in [2.75, 3.05) is 34.8 Å². The van der Waals surface area contributed by atoms with Gasteiger partial charge in [0.25, 0.3) is 5.91 Å². The molecule has 0 aliphatic heterocycles. The summed E-state index contributed by atoms with van der Waals surface area (Å²) in [5.41, 5.74) is 0.389. The zero-order valence-corrected chi connectivity index (χ0v) is 27.3. The van der Waals surface area contributed by atoms with E-state index in [2.05, 4.69) is 30.8 Å². The number of aromatic amines is 1. The Balaban J connectivity index is 1.61. The third kappa shape index (κ3) is 8.20. The van der Waals surface area contributed by atoms with Crippen LogP contribution in [0.25, 0.3) is 22.2 Å². The van der Waals surface area contributed by atoms with E-state index in [-0.39, 0.29) is 63.8 Å². The van der Waals surface area contributed by atoms with Crippen molar-refractivity contribution in [2.45, 2.75) is 32.0 Å². The lowest BCUT2D eigenvalue weighted by atomic mass is 9.99. The average Bonchev–Trinajstić information content (AvgIpc) is 3.48. The maximum Gasteiger partial charge on any atom is 0.393 e. The number of aromatic nitrogens is 4. The number of halogens is 4. The standard InChI is InChI=1S/C32H31F4N7O6S/c1-43(50(2,48)49)26-8-7-21(45)10-18(26)15-38-30-28-25(13-24(40-30)22-12-23(33)27(46)11-17(22)14-32(34,35)36)41-42-29(28)31(47)39-20-6-5-19(37-16-20)4-3-9-44/h5-8,10-13,16,44-46H,3-4,9,14-15H2,1-2H3,(H,38,40)(H,39,47)(H,41,42). The molecule has 3 heterocycles. The minimum Gasteiger partial charge on any atom is -0.508 e. The Bertz CT molecular complexity index is 2160. The van der Waals surface area contributed by atoms with Gasteiger partial charge < -0.3 is 26.0 Å². The van der Waals surface area contributed by atoms with Gasteiger partial charge in [0, 0.05) is 31.5 Å². The summed E-state index contributed by atoms with van der Waals surface area (Å²) in [6, 6.07) is 9.86. The van der Waals surface area contributed by atoms with Crippen molar-refractivity contribution in [3.8, 4) is 22.8 Å². The molecule has 0 saturated carbocycles. The molecule has 0 spiro atoms. The van der Waals surface area contributed by atoms with Crippen LogP contribution in [0.3, 0.4) is 0 Å². The van der Waals surface area contributed by atoms with Crippen molar-refractivity contribution >= 4 is 44.0 Å². The van der Waals surface area contributed by atoms with Gasteiger partial charge in [0.1, 0.15) is 11.6 Å². The van der Waals surface area contributed by atoms with Crippen molar-refractivity contribution in [1.82, 2.24) is 20.2 Å². The number of phenols is 2. The molecule has 3 aromatic heterocycles. The van der Waals surface area contributed by atoms with Crippen LogP contribution < -0.4 is 14.9 Å². The monoisotopic (exact) mass is 717 g/mol. The number of amides is 1. The van der Waals surface area contributed by atoms with Crippen LogP contribution in [0.2, 0.25) is 0 Å². The molecule has 0 bridgehead atoms. The van der Waals surface area contributed by atoms with Gasteiger partial charge in [0.2, 0.25) is 10.0 Å². The van der Waals surface area contributed by atoms with Gasteiger partial charge in [-0.2, -0.15) is 18.3 Å². The Hall–Kier alpha value is -5.49. The molecule has 13 nitrogen and oxygen atoms in total. The normalized spacial score (nSPS) is 11.9. The van der Waals surface area contributed by atoms with Crippen molar-refractivity contribution < 1.29 is 46.1 Å². The number of pyridine rings is 2. The Morgan fingerprint density at radius 2 is 1.82 bits per heavy atom. The lowest BCUT2D eigenvalue weighted by molar-refractivity contribution is -0.127. The van der Waals surface area contributed by atoms with Crippen molar-refractivity contribution in [2.24, 2.45) is 0 Å². The maximum atomic E-state index is 14.6. The third-order valence-corrected chi connectivity index (χ3v) is 8.81. The van der Waals surface area contributed by atoms with E-state index in [0.717, 1.165) is 10.6 Å². The predicted molar refractivity (Wildman–Crippen MR) is 177 cm³/mol. The highest BCUT2D eigenvalue weighted by Gasteiger charge is 2.31. The molecule has 0 aliphatic rings. The zero-order valence-electron chi connectivity index (χ0n) is 26.5. The van der Waals surface area contributed by atoms with E-state index in [4.69, 9.17) is 5.11 Å². The van der Waals surface area contributed by atoms with Crippen LogP contribution >= 0.6 is 0 Å². The molecule has 0 unspecified atom stereocenters. The number of aliphatic hydroxyl groups is 1. The Morgan fingerprint density at radius 3 is 2.48 bits per heavy atom. The molecule has 50 heavy (non-hydrogen) atoms. The smallest absolute Gasteiger partial charge is 0.393 e. The Morgan fingerprint density at radius 1 is 1.06 bits per heavy atom. The number of nitrogens with zero attached hydrogens (tertiary/aromatic N) is 4. The quantitative estimate of drug-likeness (QED) is 0.0971. The van der Waals surface area contributed by atoms with E-state index >= 15 is 0 Å². The summed E-state index contributed by atoms with van der Waals surface area (Å²) in [6.45, 7) is -0.231. The van der Waals surface area contributed by atoms with Crippen LogP contribution in [0.5, 0.6) is 11.5 Å². The lowest BCUT2D eigenvalue weighted by Gasteiger charge is -2.21. The molecule has 18 heteroatoms. The molecule has 1 amide bonds. The van der Waals surface area contributed by atoms with Gasteiger partial charge in [0.05, 0.1) is 46.8 Å². The number of aliphatic hydroxyl groups excluding tert-OH is 1. The SMILES string of the molecule is CN(c1ccc(O)cc1CNc1nc(-c2cc(F)c(O)cc2CC(F)(F)F)cc2[nH]nc(C(=O)Nc3ccc(CCCO)nc3)c12)S(C)(=O)=O. The van der Waals surface area contributed by atoms with Gasteiger partial charge in [-0.05, 0) is 72.5 Å². The minimum atomic E-state index is -4.73. The van der Waals surface area contributed by atoms with Gasteiger partial charge in [-0.25, -0.2) is 17.8 Å². The second-order valence-electron chi connectivity index (χ2n) is 11.3. The molecule has 264 valence electrons. The maximum absolute atomic E-state index is 14.6. The van der Waals surface area contributed by atoms with E-state index < -0.39 is 45.7 Å². The summed E-state index contributed by atoms with van der Waals surface area (Å²) >= 11 is 0. The molecule has 0 saturated heterocycles. The molecular formula is C32H31F4N7O6S. The Kier molecular flexibility index (Phi) is 10.1. The number of phenolic OH excluding ortho intramolecular Hbond substituents is 2. The molecule has 0 radical (unpaired) electrons. The van der Waals surface area contributed by atoms with Crippen LogP contribution in [-0.2, 0) is 29.4 Å². The number of hydrogen-bond donors (Lipinski definition) is 6. The first-order valence-electron chi connectivity index (χ1n) is 14.9. The molecule has 5 rings (SSSR count). The number of carbonyl (C=O) groups excluding carboxylic acids is 1. The molecular weight excluding hydrogens is 686 g/mol. The number of nitrogens with one attached hydrogen (secondary N) is 3. The first-order valence-corrected chi connectivity index (χ1v) is 16.7. The predicted octanol–water partition coefficient (Wildman–Crippen LogP) is 4.86. The molecule has 6 N–H and O–H groups in total. The first kappa shape index (κ1) is 35.8. The fraction of sp³-hybridized carbons (Fsp3) is 0.250. The zero-order chi connectivity index (χ0) is 36.4. The number of sulfonamides is 1. The van der Waals surface area contributed by atoms with E-state index in [1.165, 1.54) is 37.5 Å². The number of anilines is 3. The second-order valence-corrected chi connectivity index (χ2v) is 13.3. The summed E-state index contributed by atoms with van der Waals surface area (Å²) in [7, 11) is -2.45. The lowest BCUT2D eigenvalue weighted by Crippen LogP contribution is -2.26. The highest BCUT2D eigenvalue weighted by molar-refractivity contribution is 7.92. The van der Waals surface area contributed by atoms with E-state index in [9.17, 15) is 41.0 Å². The van der Waals surface area contributed by atoms with Crippen LogP contribution in [0.4, 0.5) is 34.8 Å². The molecule has 0 fully saturated rings. The van der Waals surface area contributed by atoms with Crippen LogP contribution in [0.1, 0.15) is 33.7 Å². The number of fused-ring (bicyclic) bond motifs is 1. The van der Waals surface area contributed by atoms with Gasteiger partial charge in [-0.3, -0.25) is 19.2 Å². The van der Waals surface area contributed by atoms with Gasteiger partial charge in [-0.15, -0.1) is 0 Å². The topological polar surface area (TPSA) is 194 Å². The second kappa shape index (κ2) is 14.2. The van der Waals surface area contributed by atoms with Crippen molar-refractivity contribution in [3.05, 3.63) is 83.1 Å². The van der Waals surface area contributed by atoms with Gasteiger partial charge in [0.15, 0.2) is 17.3 Å². The number of carbonyl (C=O) groups is 1. The molecule has 0 aliphatic carbocycles. The number of benzene rings is 2. The van der Waals surface area contributed by atoms with Crippen molar-refractivity contribution in [3.63, 3.8) is 0 Å². The summed E-state index contributed by atoms with van der Waals surface area (Å²) in [6.07, 6.45) is -2.83. The largest absolute Gasteiger partial charge is 0.508 e.